The normalized spacial score (nSPS) is 18.1. The van der Waals surface area contributed by atoms with Crippen LogP contribution in [0.1, 0.15) is 36.8 Å². The Morgan fingerprint density at radius 1 is 1.15 bits per heavy atom. The van der Waals surface area contributed by atoms with E-state index < -0.39 is 0 Å². The van der Waals surface area contributed by atoms with Crippen LogP contribution in [0.4, 0.5) is 0 Å². The van der Waals surface area contributed by atoms with E-state index in [4.69, 9.17) is 4.74 Å². The summed E-state index contributed by atoms with van der Waals surface area (Å²) in [7, 11) is 0. The molecule has 3 nitrogen and oxygen atoms in total. The molecule has 0 aliphatic heterocycles. The molecule has 0 atom stereocenters. The lowest BCUT2D eigenvalue weighted by Crippen LogP contribution is -2.40. The lowest BCUT2D eigenvalue weighted by atomic mass is 10.1. The van der Waals surface area contributed by atoms with Crippen molar-refractivity contribution in [3.8, 4) is 5.75 Å². The van der Waals surface area contributed by atoms with Crippen LogP contribution in [0.3, 0.4) is 0 Å². The topological polar surface area (TPSA) is 38.3 Å². The lowest BCUT2D eigenvalue weighted by molar-refractivity contribution is -0.124. The molecule has 2 fully saturated rings. The molecule has 2 aliphatic rings. The summed E-state index contributed by atoms with van der Waals surface area (Å²) in [5.74, 6) is 2.26. The summed E-state index contributed by atoms with van der Waals surface area (Å²) >= 11 is 0. The SMILES string of the molecule is Cc1cc(C)cc(OCC(=O)NC(C2CC2)C2CC2)c1. The van der Waals surface area contributed by atoms with Crippen LogP contribution in [-0.2, 0) is 4.79 Å². The van der Waals surface area contributed by atoms with Gasteiger partial charge in [0.1, 0.15) is 5.75 Å². The molecule has 0 radical (unpaired) electrons. The highest BCUT2D eigenvalue weighted by molar-refractivity contribution is 5.78. The van der Waals surface area contributed by atoms with Crippen LogP contribution in [-0.4, -0.2) is 18.6 Å². The number of hydrogen-bond acceptors (Lipinski definition) is 2. The second-order valence-electron chi connectivity index (χ2n) is 6.38. The van der Waals surface area contributed by atoms with Gasteiger partial charge >= 0.3 is 0 Å². The summed E-state index contributed by atoms with van der Waals surface area (Å²) in [6, 6.07) is 6.45. The monoisotopic (exact) mass is 273 g/mol. The molecule has 0 unspecified atom stereocenters. The number of nitrogens with one attached hydrogen (secondary N) is 1. The average Bonchev–Trinajstić information content (AvgIpc) is 3.26. The summed E-state index contributed by atoms with van der Waals surface area (Å²) in [6.45, 7) is 4.20. The van der Waals surface area contributed by atoms with E-state index in [9.17, 15) is 4.79 Å². The summed E-state index contributed by atoms with van der Waals surface area (Å²) in [5.41, 5.74) is 2.32. The molecule has 1 amide bonds. The molecule has 0 spiro atoms. The second kappa shape index (κ2) is 5.47. The lowest BCUT2D eigenvalue weighted by Gasteiger charge is -2.18. The van der Waals surface area contributed by atoms with Gasteiger partial charge in [0.05, 0.1) is 0 Å². The summed E-state index contributed by atoms with van der Waals surface area (Å²) < 4.78 is 5.62. The van der Waals surface area contributed by atoms with Crippen LogP contribution in [0, 0.1) is 25.7 Å². The number of amides is 1. The largest absolute Gasteiger partial charge is 0.484 e. The van der Waals surface area contributed by atoms with Crippen molar-refractivity contribution in [2.45, 2.75) is 45.6 Å². The predicted molar refractivity (Wildman–Crippen MR) is 78.8 cm³/mol. The standard InChI is InChI=1S/C17H23NO2/c1-11-7-12(2)9-15(8-11)20-10-16(19)18-17(13-3-4-13)14-5-6-14/h7-9,13-14,17H,3-6,10H2,1-2H3,(H,18,19). The molecule has 2 saturated carbocycles. The van der Waals surface area contributed by atoms with Gasteiger partial charge in [-0.1, -0.05) is 6.07 Å². The molecule has 1 N–H and O–H groups in total. The van der Waals surface area contributed by atoms with E-state index >= 15 is 0 Å². The van der Waals surface area contributed by atoms with Crippen molar-refractivity contribution in [2.75, 3.05) is 6.61 Å². The zero-order valence-corrected chi connectivity index (χ0v) is 12.3. The number of ether oxygens (including phenoxy) is 1. The van der Waals surface area contributed by atoms with Gasteiger partial charge in [0.15, 0.2) is 6.61 Å². The minimum atomic E-state index is 0.0213. The quantitative estimate of drug-likeness (QED) is 0.865. The first kappa shape index (κ1) is 13.5. The molecule has 1 aromatic rings. The molecule has 1 aromatic carbocycles. The van der Waals surface area contributed by atoms with Crippen molar-refractivity contribution in [2.24, 2.45) is 11.8 Å². The van der Waals surface area contributed by atoms with Crippen LogP contribution in [0.2, 0.25) is 0 Å². The Labute approximate surface area is 120 Å². The maximum atomic E-state index is 12.0. The molecular weight excluding hydrogens is 250 g/mol. The van der Waals surface area contributed by atoms with Gasteiger partial charge < -0.3 is 10.1 Å². The zero-order chi connectivity index (χ0) is 14.1. The van der Waals surface area contributed by atoms with Crippen molar-refractivity contribution in [1.82, 2.24) is 5.32 Å². The number of aryl methyl sites for hydroxylation is 2. The van der Waals surface area contributed by atoms with E-state index in [2.05, 4.69) is 11.4 Å². The highest BCUT2D eigenvalue weighted by atomic mass is 16.5. The number of benzene rings is 1. The summed E-state index contributed by atoms with van der Waals surface area (Å²) in [4.78, 5) is 12.0. The van der Waals surface area contributed by atoms with Crippen LogP contribution >= 0.6 is 0 Å². The first-order chi connectivity index (χ1) is 9.61. The van der Waals surface area contributed by atoms with E-state index in [1.807, 2.05) is 26.0 Å². The van der Waals surface area contributed by atoms with E-state index in [0.29, 0.717) is 6.04 Å². The van der Waals surface area contributed by atoms with Gasteiger partial charge in [-0.15, -0.1) is 0 Å². The Bertz CT molecular complexity index is 471. The Morgan fingerprint density at radius 3 is 2.20 bits per heavy atom. The molecule has 3 heteroatoms. The van der Waals surface area contributed by atoms with Crippen LogP contribution < -0.4 is 10.1 Å². The Hall–Kier alpha value is -1.51. The van der Waals surface area contributed by atoms with E-state index in [-0.39, 0.29) is 12.5 Å². The van der Waals surface area contributed by atoms with E-state index in [1.54, 1.807) is 0 Å². The van der Waals surface area contributed by atoms with Crippen molar-refractivity contribution < 1.29 is 9.53 Å². The molecule has 3 rings (SSSR count). The fourth-order valence-corrected chi connectivity index (χ4v) is 2.92. The Kier molecular flexibility index (Phi) is 3.68. The smallest absolute Gasteiger partial charge is 0.258 e. The van der Waals surface area contributed by atoms with Crippen molar-refractivity contribution >= 4 is 5.91 Å². The highest BCUT2D eigenvalue weighted by Gasteiger charge is 2.42. The van der Waals surface area contributed by atoms with Crippen LogP contribution in [0.5, 0.6) is 5.75 Å². The van der Waals surface area contributed by atoms with Crippen molar-refractivity contribution in [1.29, 1.82) is 0 Å². The maximum absolute atomic E-state index is 12.0. The summed E-state index contributed by atoms with van der Waals surface area (Å²) in [6.07, 6.45) is 5.11. The fourth-order valence-electron chi connectivity index (χ4n) is 2.92. The molecule has 108 valence electrons. The van der Waals surface area contributed by atoms with Gasteiger partial charge in [0, 0.05) is 6.04 Å². The number of rotatable bonds is 6. The second-order valence-corrected chi connectivity index (χ2v) is 6.38. The zero-order valence-electron chi connectivity index (χ0n) is 12.3. The summed E-state index contributed by atoms with van der Waals surface area (Å²) in [5, 5.41) is 3.18. The molecule has 0 bridgehead atoms. The minimum absolute atomic E-state index is 0.0213. The van der Waals surface area contributed by atoms with Gasteiger partial charge in [-0.05, 0) is 74.6 Å². The van der Waals surface area contributed by atoms with Crippen LogP contribution in [0.15, 0.2) is 18.2 Å². The molecular formula is C17H23NO2. The van der Waals surface area contributed by atoms with Gasteiger partial charge in [-0.2, -0.15) is 0 Å². The van der Waals surface area contributed by atoms with Gasteiger partial charge in [-0.25, -0.2) is 0 Å². The van der Waals surface area contributed by atoms with Gasteiger partial charge in [-0.3, -0.25) is 4.79 Å². The van der Waals surface area contributed by atoms with E-state index in [0.717, 1.165) is 28.7 Å². The fraction of sp³-hybridized carbons (Fsp3) is 0.588. The number of carbonyl (C=O) groups is 1. The Balaban J connectivity index is 1.51. The minimum Gasteiger partial charge on any atom is -0.484 e. The first-order valence-electron chi connectivity index (χ1n) is 7.62. The average molecular weight is 273 g/mol. The van der Waals surface area contributed by atoms with Gasteiger partial charge in [0.25, 0.3) is 5.91 Å². The van der Waals surface area contributed by atoms with Crippen molar-refractivity contribution in [3.05, 3.63) is 29.3 Å². The molecule has 0 aromatic heterocycles. The third-order valence-corrected chi connectivity index (χ3v) is 4.15. The molecule has 2 aliphatic carbocycles. The third-order valence-electron chi connectivity index (χ3n) is 4.15. The van der Waals surface area contributed by atoms with E-state index in [1.165, 1.54) is 25.7 Å². The first-order valence-corrected chi connectivity index (χ1v) is 7.62. The van der Waals surface area contributed by atoms with Gasteiger partial charge in [0.2, 0.25) is 0 Å². The third kappa shape index (κ3) is 3.53. The number of carbonyl (C=O) groups excluding carboxylic acids is 1. The Morgan fingerprint density at radius 2 is 1.70 bits per heavy atom. The molecule has 20 heavy (non-hydrogen) atoms. The van der Waals surface area contributed by atoms with Crippen molar-refractivity contribution in [3.63, 3.8) is 0 Å². The number of hydrogen-bond donors (Lipinski definition) is 1. The molecule has 0 saturated heterocycles. The predicted octanol–water partition coefficient (Wildman–Crippen LogP) is 2.99. The maximum Gasteiger partial charge on any atom is 0.258 e. The van der Waals surface area contributed by atoms with Crippen LogP contribution in [0.25, 0.3) is 0 Å². The molecule has 0 heterocycles. The highest BCUT2D eigenvalue weighted by Crippen LogP contribution is 2.44.